The Morgan fingerprint density at radius 3 is 2.70 bits per heavy atom. The number of halogens is 2. The molecule has 1 N–H and O–H groups in total. The van der Waals surface area contributed by atoms with Gasteiger partial charge in [-0.05, 0) is 61.0 Å². The fraction of sp³-hybridized carbons (Fsp3) is 0.130. The largest absolute Gasteiger partial charge is 0.300 e. The summed E-state index contributed by atoms with van der Waals surface area (Å²) in [6.45, 7) is 5.17. The van der Waals surface area contributed by atoms with E-state index in [1.54, 1.807) is 11.5 Å². The minimum atomic E-state index is -0.877. The van der Waals surface area contributed by atoms with Crippen LogP contribution in [0.25, 0.3) is 6.08 Å². The molecule has 10 heteroatoms. The van der Waals surface area contributed by atoms with Crippen molar-refractivity contribution in [3.8, 4) is 0 Å². The zero-order chi connectivity index (χ0) is 23.7. The van der Waals surface area contributed by atoms with E-state index in [9.17, 15) is 18.4 Å². The highest BCUT2D eigenvalue weighted by atomic mass is 32.2. The Bertz CT molecular complexity index is 1330. The number of hydrogen-bond donors (Lipinski definition) is 1. The second-order valence-corrected chi connectivity index (χ2v) is 9.14. The minimum Gasteiger partial charge on any atom is -0.300 e. The van der Waals surface area contributed by atoms with Crippen LogP contribution < -0.4 is 10.2 Å². The first-order valence-electron chi connectivity index (χ1n) is 9.79. The summed E-state index contributed by atoms with van der Waals surface area (Å²) in [5.74, 6) is -2.41. The molecule has 0 aliphatic carbocycles. The molecule has 1 fully saturated rings. The van der Waals surface area contributed by atoms with E-state index in [4.69, 9.17) is 0 Å². The molecule has 6 nitrogen and oxygen atoms in total. The van der Waals surface area contributed by atoms with Gasteiger partial charge in [0.05, 0.1) is 22.0 Å². The zero-order valence-corrected chi connectivity index (χ0v) is 19.5. The summed E-state index contributed by atoms with van der Waals surface area (Å²) in [7, 11) is 0. The Balaban J connectivity index is 1.60. The zero-order valence-electron chi connectivity index (χ0n) is 17.8. The number of anilines is 2. The molecule has 168 valence electrons. The van der Waals surface area contributed by atoms with Crippen LogP contribution in [0, 0.1) is 25.5 Å². The van der Waals surface area contributed by atoms with Gasteiger partial charge in [-0.1, -0.05) is 12.1 Å². The Morgan fingerprint density at radius 1 is 1.18 bits per heavy atom. The highest BCUT2D eigenvalue weighted by molar-refractivity contribution is 8.18. The van der Waals surface area contributed by atoms with Crippen LogP contribution >= 0.6 is 23.1 Å². The number of hydrogen-bond acceptors (Lipinski definition) is 6. The molecule has 0 atom stereocenters. The maximum Gasteiger partial charge on any atom is 0.264 e. The van der Waals surface area contributed by atoms with E-state index in [1.165, 1.54) is 24.8 Å². The van der Waals surface area contributed by atoms with Crippen LogP contribution in [0.15, 0.2) is 51.7 Å². The smallest absolute Gasteiger partial charge is 0.264 e. The lowest BCUT2D eigenvalue weighted by Crippen LogP contribution is -2.23. The molecule has 0 spiro atoms. The van der Waals surface area contributed by atoms with Crippen molar-refractivity contribution < 1.29 is 18.4 Å². The number of benzene rings is 2. The van der Waals surface area contributed by atoms with Crippen LogP contribution in [-0.2, 0) is 9.59 Å². The first-order chi connectivity index (χ1) is 15.7. The van der Waals surface area contributed by atoms with Gasteiger partial charge in [-0.3, -0.25) is 14.5 Å². The van der Waals surface area contributed by atoms with Gasteiger partial charge >= 0.3 is 0 Å². The van der Waals surface area contributed by atoms with Crippen molar-refractivity contribution >= 4 is 62.7 Å². The number of nitrogens with one attached hydrogen (secondary N) is 1. The van der Waals surface area contributed by atoms with Crippen LogP contribution in [0.3, 0.4) is 0 Å². The van der Waals surface area contributed by atoms with Crippen molar-refractivity contribution in [1.82, 2.24) is 10.3 Å². The highest BCUT2D eigenvalue weighted by Gasteiger charge is 2.25. The van der Waals surface area contributed by atoms with E-state index >= 15 is 0 Å². The third kappa shape index (κ3) is 5.01. The van der Waals surface area contributed by atoms with E-state index in [1.807, 2.05) is 32.0 Å². The topological polar surface area (TPSA) is 74.7 Å². The minimum absolute atomic E-state index is 0.103. The van der Waals surface area contributed by atoms with Crippen molar-refractivity contribution in [2.75, 3.05) is 4.90 Å². The predicted molar refractivity (Wildman–Crippen MR) is 128 cm³/mol. The van der Waals surface area contributed by atoms with Gasteiger partial charge in [0, 0.05) is 18.4 Å². The maximum absolute atomic E-state index is 14.3. The lowest BCUT2D eigenvalue weighted by molar-refractivity contribution is -0.116. The molecule has 2 aromatic carbocycles. The van der Waals surface area contributed by atoms with Gasteiger partial charge in [0.25, 0.3) is 5.91 Å². The van der Waals surface area contributed by atoms with Gasteiger partial charge in [-0.25, -0.2) is 18.8 Å². The molecule has 1 saturated heterocycles. The van der Waals surface area contributed by atoms with E-state index in [2.05, 4.69) is 15.3 Å². The lowest BCUT2D eigenvalue weighted by atomic mass is 10.1. The Morgan fingerprint density at radius 2 is 1.97 bits per heavy atom. The molecule has 0 radical (unpaired) electrons. The second kappa shape index (κ2) is 9.24. The molecular weight excluding hydrogens is 466 g/mol. The molecule has 3 aromatic rings. The number of aromatic nitrogens is 1. The number of carbonyl (C=O) groups excluding carboxylic acids is 2. The summed E-state index contributed by atoms with van der Waals surface area (Å²) in [4.78, 5) is 35.0. The monoisotopic (exact) mass is 484 g/mol. The number of thioether (sulfide) groups is 1. The number of amidine groups is 1. The van der Waals surface area contributed by atoms with Crippen LogP contribution in [0.5, 0.6) is 0 Å². The summed E-state index contributed by atoms with van der Waals surface area (Å²) in [6, 6.07) is 8.86. The van der Waals surface area contributed by atoms with Crippen molar-refractivity contribution in [2.45, 2.75) is 20.8 Å². The number of aryl methyl sites for hydroxylation is 2. The fourth-order valence-electron chi connectivity index (χ4n) is 3.08. The van der Waals surface area contributed by atoms with Gasteiger partial charge in [0.2, 0.25) is 5.91 Å². The maximum atomic E-state index is 14.3. The molecule has 4 rings (SSSR count). The number of nitrogens with zero attached hydrogens (tertiary/aromatic N) is 3. The summed E-state index contributed by atoms with van der Waals surface area (Å²) < 4.78 is 27.5. The molecule has 2 amide bonds. The summed E-state index contributed by atoms with van der Waals surface area (Å²) in [5, 5.41) is 5.04. The van der Waals surface area contributed by atoms with Crippen molar-refractivity contribution in [3.63, 3.8) is 0 Å². The quantitative estimate of drug-likeness (QED) is 0.488. The molecule has 1 aromatic heterocycles. The molecule has 1 aliphatic heterocycles. The van der Waals surface area contributed by atoms with E-state index in [0.717, 1.165) is 39.1 Å². The summed E-state index contributed by atoms with van der Waals surface area (Å²) in [6.07, 6.45) is 1.57. The van der Waals surface area contributed by atoms with Crippen molar-refractivity contribution in [1.29, 1.82) is 0 Å². The standard InChI is InChI=1S/C23H18F2N4O2S2/c1-12-4-5-13(2)18(8-12)27-22-28-21(31)20(33-22)10-16-11-32-23(26-16)29(14(3)30)19-7-6-15(24)9-17(19)25/h4-11H,1-3H3,(H,27,28,31)/b20-10-. The predicted octanol–water partition coefficient (Wildman–Crippen LogP) is 5.61. The third-order valence-electron chi connectivity index (χ3n) is 4.68. The molecule has 2 heterocycles. The number of amides is 2. The first-order valence-corrected chi connectivity index (χ1v) is 11.5. The van der Waals surface area contributed by atoms with Crippen LogP contribution in [0.2, 0.25) is 0 Å². The molecular formula is C23H18F2N4O2S2. The normalized spacial score (nSPS) is 15.8. The van der Waals surface area contributed by atoms with Crippen LogP contribution in [0.4, 0.5) is 25.3 Å². The van der Waals surface area contributed by atoms with Crippen LogP contribution in [-0.4, -0.2) is 22.0 Å². The Kier molecular flexibility index (Phi) is 6.39. The molecule has 33 heavy (non-hydrogen) atoms. The van der Waals surface area contributed by atoms with E-state index in [0.29, 0.717) is 21.8 Å². The summed E-state index contributed by atoms with van der Waals surface area (Å²) in [5.41, 5.74) is 3.14. The van der Waals surface area contributed by atoms with Crippen molar-refractivity contribution in [2.24, 2.45) is 4.99 Å². The summed E-state index contributed by atoms with van der Waals surface area (Å²) >= 11 is 2.28. The van der Waals surface area contributed by atoms with Gasteiger partial charge in [0.15, 0.2) is 10.3 Å². The molecule has 0 unspecified atom stereocenters. The molecule has 0 saturated carbocycles. The number of aliphatic imine (C=N–C) groups is 1. The van der Waals surface area contributed by atoms with Crippen molar-refractivity contribution in [3.05, 3.63) is 75.1 Å². The first kappa shape index (κ1) is 22.8. The lowest BCUT2D eigenvalue weighted by Gasteiger charge is -2.18. The van der Waals surface area contributed by atoms with Gasteiger partial charge < -0.3 is 5.32 Å². The van der Waals surface area contributed by atoms with E-state index < -0.39 is 17.5 Å². The second-order valence-electron chi connectivity index (χ2n) is 7.28. The van der Waals surface area contributed by atoms with Gasteiger partial charge in [-0.2, -0.15) is 0 Å². The Labute approximate surface area is 197 Å². The third-order valence-corrected chi connectivity index (χ3v) is 6.44. The number of carbonyl (C=O) groups is 2. The fourth-order valence-corrected chi connectivity index (χ4v) is 4.74. The average Bonchev–Trinajstić information content (AvgIpc) is 3.33. The van der Waals surface area contributed by atoms with E-state index in [-0.39, 0.29) is 16.7 Å². The van der Waals surface area contributed by atoms with Gasteiger partial charge in [-0.15, -0.1) is 11.3 Å². The highest BCUT2D eigenvalue weighted by Crippen LogP contribution is 2.34. The SMILES string of the molecule is CC(=O)N(c1nc(/C=C2\SC(=Nc3cc(C)ccc3C)NC2=O)cs1)c1ccc(F)cc1F. The van der Waals surface area contributed by atoms with Gasteiger partial charge in [0.1, 0.15) is 11.6 Å². The number of thiazole rings is 1. The average molecular weight is 485 g/mol. The molecule has 1 aliphatic rings. The Hall–Kier alpha value is -3.37. The number of rotatable bonds is 4. The van der Waals surface area contributed by atoms with Crippen LogP contribution in [0.1, 0.15) is 23.7 Å². The molecule has 0 bridgehead atoms.